The van der Waals surface area contributed by atoms with Crippen molar-refractivity contribution in [3.63, 3.8) is 0 Å². The summed E-state index contributed by atoms with van der Waals surface area (Å²) in [6, 6.07) is 14.0. The van der Waals surface area contributed by atoms with Crippen LogP contribution in [0.4, 0.5) is 5.69 Å². The van der Waals surface area contributed by atoms with Crippen molar-refractivity contribution in [2.75, 3.05) is 12.4 Å². The summed E-state index contributed by atoms with van der Waals surface area (Å²) in [5.41, 5.74) is 7.66. The molecule has 3 aromatic rings. The largest absolute Gasteiger partial charge is 0.497 e. The van der Waals surface area contributed by atoms with Crippen molar-refractivity contribution in [1.29, 1.82) is 0 Å². The van der Waals surface area contributed by atoms with Crippen LogP contribution in [0, 0.1) is 6.92 Å². The number of carbonyl (C=O) groups is 2. The number of nitrogens with two attached hydrogens (primary N) is 1. The van der Waals surface area contributed by atoms with E-state index in [2.05, 4.69) is 10.3 Å². The lowest BCUT2D eigenvalue weighted by Crippen LogP contribution is -2.14. The van der Waals surface area contributed by atoms with Crippen LogP contribution in [-0.2, 0) is 0 Å². The maximum absolute atomic E-state index is 12.6. The number of hydrogen-bond donors (Lipinski definition) is 2. The molecule has 0 spiro atoms. The summed E-state index contributed by atoms with van der Waals surface area (Å²) in [7, 11) is 1.61. The van der Waals surface area contributed by atoms with Crippen LogP contribution in [0.2, 0.25) is 0 Å². The number of primary amides is 1. The third kappa shape index (κ3) is 3.73. The fourth-order valence-electron chi connectivity index (χ4n) is 2.40. The van der Waals surface area contributed by atoms with E-state index in [9.17, 15) is 9.59 Å². The summed E-state index contributed by atoms with van der Waals surface area (Å²) in [6.07, 6.45) is 0. The average molecular weight is 367 g/mol. The highest BCUT2D eigenvalue weighted by Crippen LogP contribution is 2.29. The Balaban J connectivity index is 1.83. The number of aryl methyl sites for hydroxylation is 1. The molecule has 6 nitrogen and oxygen atoms in total. The summed E-state index contributed by atoms with van der Waals surface area (Å²) in [4.78, 5) is 28.8. The van der Waals surface area contributed by atoms with Crippen LogP contribution < -0.4 is 15.8 Å². The molecule has 0 unspecified atom stereocenters. The Hall–Kier alpha value is -3.19. The van der Waals surface area contributed by atoms with E-state index in [1.165, 1.54) is 11.3 Å². The first-order valence-electron chi connectivity index (χ1n) is 7.81. The number of rotatable bonds is 5. The molecule has 0 aliphatic rings. The molecule has 132 valence electrons. The van der Waals surface area contributed by atoms with E-state index < -0.39 is 5.91 Å². The van der Waals surface area contributed by atoms with Crippen LogP contribution in [0.5, 0.6) is 5.75 Å². The number of hydrogen-bond acceptors (Lipinski definition) is 5. The van der Waals surface area contributed by atoms with Gasteiger partial charge in [-0.3, -0.25) is 9.59 Å². The zero-order valence-corrected chi connectivity index (χ0v) is 15.1. The van der Waals surface area contributed by atoms with Crippen molar-refractivity contribution in [2.24, 2.45) is 5.73 Å². The molecule has 1 heterocycles. The molecule has 0 aliphatic carbocycles. The third-order valence-corrected chi connectivity index (χ3v) is 4.95. The first-order valence-corrected chi connectivity index (χ1v) is 8.62. The fraction of sp³-hybridized carbons (Fsp3) is 0.105. The third-order valence-electron chi connectivity index (χ3n) is 3.74. The highest BCUT2D eigenvalue weighted by Gasteiger charge is 2.17. The predicted molar refractivity (Wildman–Crippen MR) is 102 cm³/mol. The van der Waals surface area contributed by atoms with Crippen LogP contribution in [0.15, 0.2) is 48.5 Å². The second kappa shape index (κ2) is 7.37. The van der Waals surface area contributed by atoms with Gasteiger partial charge in [0.2, 0.25) is 5.91 Å². The summed E-state index contributed by atoms with van der Waals surface area (Å²) in [5.74, 6) is -0.0624. The van der Waals surface area contributed by atoms with Crippen molar-refractivity contribution in [1.82, 2.24) is 4.98 Å². The number of aromatic nitrogens is 1. The standard InChI is InChI=1S/C19H17N3O3S/c1-11-16(18(24)22-14-5-3-4-13(10-14)17(20)23)26-19(21-11)12-6-8-15(25-2)9-7-12/h3-10H,1-2H3,(H2,20,23)(H,22,24). The lowest BCUT2D eigenvalue weighted by molar-refractivity contribution is 0.0996. The van der Waals surface area contributed by atoms with Crippen LogP contribution in [0.3, 0.4) is 0 Å². The number of anilines is 1. The molecule has 26 heavy (non-hydrogen) atoms. The number of nitrogens with one attached hydrogen (secondary N) is 1. The fourth-order valence-corrected chi connectivity index (χ4v) is 3.37. The molecule has 0 saturated heterocycles. The van der Waals surface area contributed by atoms with Gasteiger partial charge in [-0.25, -0.2) is 4.98 Å². The molecule has 1 aromatic heterocycles. The van der Waals surface area contributed by atoms with Gasteiger partial charge < -0.3 is 15.8 Å². The maximum Gasteiger partial charge on any atom is 0.267 e. The lowest BCUT2D eigenvalue weighted by atomic mass is 10.2. The minimum atomic E-state index is -0.545. The van der Waals surface area contributed by atoms with Crippen LogP contribution in [0.25, 0.3) is 10.6 Å². The number of benzene rings is 2. The smallest absolute Gasteiger partial charge is 0.267 e. The molecule has 0 radical (unpaired) electrons. The summed E-state index contributed by atoms with van der Waals surface area (Å²) >= 11 is 1.31. The van der Waals surface area contributed by atoms with Gasteiger partial charge in [0.05, 0.1) is 12.8 Å². The van der Waals surface area contributed by atoms with Crippen LogP contribution >= 0.6 is 11.3 Å². The average Bonchev–Trinajstić information content (AvgIpc) is 3.04. The summed E-state index contributed by atoms with van der Waals surface area (Å²) < 4.78 is 5.15. The van der Waals surface area contributed by atoms with Gasteiger partial charge in [-0.05, 0) is 49.4 Å². The van der Waals surface area contributed by atoms with Crippen LogP contribution in [0.1, 0.15) is 25.7 Å². The molecule has 0 saturated carbocycles. The van der Waals surface area contributed by atoms with Gasteiger partial charge in [-0.15, -0.1) is 11.3 Å². The quantitative estimate of drug-likeness (QED) is 0.722. The number of ether oxygens (including phenoxy) is 1. The molecule has 0 aliphatic heterocycles. The van der Waals surface area contributed by atoms with Crippen LogP contribution in [-0.4, -0.2) is 23.9 Å². The molecule has 2 amide bonds. The molecule has 7 heteroatoms. The number of nitrogens with zero attached hydrogens (tertiary/aromatic N) is 1. The number of carbonyl (C=O) groups excluding carboxylic acids is 2. The van der Waals surface area contributed by atoms with E-state index in [1.807, 2.05) is 24.3 Å². The summed E-state index contributed by atoms with van der Waals surface area (Å²) in [5, 5.41) is 3.53. The summed E-state index contributed by atoms with van der Waals surface area (Å²) in [6.45, 7) is 1.79. The van der Waals surface area contributed by atoms with E-state index in [0.29, 0.717) is 21.8 Å². The highest BCUT2D eigenvalue weighted by molar-refractivity contribution is 7.17. The lowest BCUT2D eigenvalue weighted by Gasteiger charge is -2.05. The van der Waals surface area contributed by atoms with Crippen molar-refractivity contribution in [3.8, 4) is 16.3 Å². The van der Waals surface area contributed by atoms with E-state index >= 15 is 0 Å². The van der Waals surface area contributed by atoms with Crippen molar-refractivity contribution in [3.05, 3.63) is 64.7 Å². The number of amides is 2. The van der Waals surface area contributed by atoms with Gasteiger partial charge in [0.1, 0.15) is 15.6 Å². The Labute approximate surface area is 154 Å². The molecule has 0 fully saturated rings. The minimum Gasteiger partial charge on any atom is -0.497 e. The van der Waals surface area contributed by atoms with E-state index in [1.54, 1.807) is 38.3 Å². The Morgan fingerprint density at radius 1 is 1.15 bits per heavy atom. The van der Waals surface area contributed by atoms with E-state index in [0.717, 1.165) is 16.3 Å². The zero-order valence-electron chi connectivity index (χ0n) is 14.3. The Morgan fingerprint density at radius 3 is 2.54 bits per heavy atom. The van der Waals surface area contributed by atoms with E-state index in [4.69, 9.17) is 10.5 Å². The van der Waals surface area contributed by atoms with Gasteiger partial charge >= 0.3 is 0 Å². The molecule has 2 aromatic carbocycles. The molecular formula is C19H17N3O3S. The molecular weight excluding hydrogens is 350 g/mol. The first kappa shape index (κ1) is 17.6. The Morgan fingerprint density at radius 2 is 1.88 bits per heavy atom. The van der Waals surface area contributed by atoms with E-state index in [-0.39, 0.29) is 5.91 Å². The molecule has 3 N–H and O–H groups in total. The Kier molecular flexibility index (Phi) is 4.99. The topological polar surface area (TPSA) is 94.3 Å². The monoisotopic (exact) mass is 367 g/mol. The second-order valence-electron chi connectivity index (χ2n) is 5.56. The Bertz CT molecular complexity index is 964. The SMILES string of the molecule is COc1ccc(-c2nc(C)c(C(=O)Nc3cccc(C(N)=O)c3)s2)cc1. The van der Waals surface area contributed by atoms with Crippen molar-refractivity contribution >= 4 is 28.8 Å². The minimum absolute atomic E-state index is 0.276. The molecule has 3 rings (SSSR count). The molecule has 0 bridgehead atoms. The first-order chi connectivity index (χ1) is 12.5. The predicted octanol–water partition coefficient (Wildman–Crippen LogP) is 3.48. The maximum atomic E-state index is 12.6. The van der Waals surface area contributed by atoms with Gasteiger partial charge in [0.15, 0.2) is 0 Å². The normalized spacial score (nSPS) is 10.4. The van der Waals surface area contributed by atoms with Gasteiger partial charge in [0.25, 0.3) is 5.91 Å². The van der Waals surface area contributed by atoms with Gasteiger partial charge in [-0.2, -0.15) is 0 Å². The number of thiazole rings is 1. The number of methoxy groups -OCH3 is 1. The van der Waals surface area contributed by atoms with Crippen molar-refractivity contribution in [2.45, 2.75) is 6.92 Å². The second-order valence-corrected chi connectivity index (χ2v) is 6.56. The van der Waals surface area contributed by atoms with Crippen molar-refractivity contribution < 1.29 is 14.3 Å². The van der Waals surface area contributed by atoms with Gasteiger partial charge in [0, 0.05) is 16.8 Å². The van der Waals surface area contributed by atoms with Gasteiger partial charge in [-0.1, -0.05) is 6.07 Å². The molecule has 0 atom stereocenters. The zero-order chi connectivity index (χ0) is 18.7. The highest BCUT2D eigenvalue weighted by atomic mass is 32.1.